The van der Waals surface area contributed by atoms with Gasteiger partial charge in [0.25, 0.3) is 17.9 Å². The summed E-state index contributed by atoms with van der Waals surface area (Å²) < 4.78 is 123. The first-order valence-corrected chi connectivity index (χ1v) is 19.9. The minimum atomic E-state index is -3.91. The number of carbonyl (C=O) groups excluding carboxylic acids is 1. The van der Waals surface area contributed by atoms with E-state index in [4.69, 9.17) is 32.9 Å². The number of hydrogen-bond acceptors (Lipinski definition) is 8. The molecule has 22 heteroatoms. The molecule has 0 aliphatic heterocycles. The fourth-order valence-electron chi connectivity index (χ4n) is 7.74. The summed E-state index contributed by atoms with van der Waals surface area (Å²) in [6.07, 6.45) is -2.81. The molecule has 0 unspecified atom stereocenters. The highest BCUT2D eigenvalue weighted by molar-refractivity contribution is 7.92. The van der Waals surface area contributed by atoms with E-state index in [1.807, 2.05) is 0 Å². The zero-order valence-corrected chi connectivity index (χ0v) is 32.5. The normalized spacial score (nSPS) is 17.4. The summed E-state index contributed by atoms with van der Waals surface area (Å²) in [5.74, 6) is -9.04. The molecule has 304 valence electrons. The van der Waals surface area contributed by atoms with Gasteiger partial charge in [-0.1, -0.05) is 23.2 Å². The van der Waals surface area contributed by atoms with E-state index < -0.39 is 87.7 Å². The third kappa shape index (κ3) is 6.69. The monoisotopic (exact) mass is 868 g/mol. The van der Waals surface area contributed by atoms with Crippen molar-refractivity contribution in [2.45, 2.75) is 43.7 Å². The van der Waals surface area contributed by atoms with Gasteiger partial charge in [-0.2, -0.15) is 19.0 Å². The van der Waals surface area contributed by atoms with Crippen molar-refractivity contribution in [3.63, 3.8) is 0 Å². The predicted octanol–water partition coefficient (Wildman–Crippen LogP) is 6.68. The van der Waals surface area contributed by atoms with Crippen molar-refractivity contribution in [2.24, 2.45) is 13.0 Å². The van der Waals surface area contributed by atoms with Crippen molar-refractivity contribution in [2.75, 3.05) is 18.1 Å². The highest BCUT2D eigenvalue weighted by atomic mass is 35.5. The maximum Gasteiger partial charge on any atom is 0.293 e. The van der Waals surface area contributed by atoms with Crippen LogP contribution in [0.1, 0.15) is 53.1 Å². The lowest BCUT2D eigenvalue weighted by atomic mass is 10.0. The van der Waals surface area contributed by atoms with Crippen LogP contribution in [0.25, 0.3) is 27.5 Å². The Morgan fingerprint density at radius 1 is 1.07 bits per heavy atom. The third-order valence-corrected chi connectivity index (χ3v) is 11.3. The average Bonchev–Trinajstić information content (AvgIpc) is 3.66. The lowest BCUT2D eigenvalue weighted by molar-refractivity contribution is -0.123. The number of methoxy groups -OCH3 is 1. The lowest BCUT2D eigenvalue weighted by Gasteiger charge is -2.24. The maximum atomic E-state index is 15.4. The first-order valence-electron chi connectivity index (χ1n) is 17.2. The number of fused-ring (bicyclic) bond motifs is 5. The molecule has 2 aliphatic carbocycles. The van der Waals surface area contributed by atoms with E-state index in [1.54, 1.807) is 0 Å². The molecule has 3 atom stereocenters. The van der Waals surface area contributed by atoms with Crippen molar-refractivity contribution in [1.29, 1.82) is 0 Å². The number of carbonyl (C=O) groups is 1. The van der Waals surface area contributed by atoms with Gasteiger partial charge < -0.3 is 10.1 Å². The first kappa shape index (κ1) is 39.5. The molecule has 2 aliphatic rings. The molecule has 3 aromatic heterocycles. The molecule has 8 rings (SSSR count). The van der Waals surface area contributed by atoms with E-state index in [0.29, 0.717) is 10.7 Å². The number of alkyl halides is 4. The summed E-state index contributed by atoms with van der Waals surface area (Å²) in [6, 6.07) is 6.32. The standard InChI is InChI=1S/C36H28Cl2F6N8O5S/c1-50-30-24(5-4-20(37)28(30)33(48-50)49-58(3,55)56)52-34(46-22-12-25(57-2)21(38)11-18(22)35(52)54)23(8-14-6-15(39)9-16(40)7-14)45-26(53)13-51-31-27(29(47-51)32(41)42)17-10-19(17)36(31,43)44/h4-7,9,11-12,17,19,23,32H,8,10,13H2,1-3H3,(H,45,53)(H,48,49)/t17-,19+,23-/m0/s1. The number of aryl methyl sites for hydroxylation is 1. The summed E-state index contributed by atoms with van der Waals surface area (Å²) in [5.41, 5.74) is -2.79. The number of nitrogens with zero attached hydrogens (tertiary/aromatic N) is 6. The molecule has 3 heterocycles. The molecule has 1 fully saturated rings. The first-order chi connectivity index (χ1) is 27.3. The molecule has 6 aromatic rings. The molecular weight excluding hydrogens is 841 g/mol. The number of aromatic nitrogens is 6. The SMILES string of the molecule is COc1cc2nc([C@H](Cc3cc(F)cc(F)c3)NC(=O)Cn3nc(C(F)F)c4c3C(F)(F)[C@@H]3C[C@H]43)n(-c3ccc(Cl)c4c(NS(C)(=O)=O)nn(C)c34)c(=O)c2cc1Cl. The van der Waals surface area contributed by atoms with E-state index in [0.717, 1.165) is 23.0 Å². The Morgan fingerprint density at radius 2 is 1.78 bits per heavy atom. The van der Waals surface area contributed by atoms with Gasteiger partial charge in [-0.25, -0.2) is 31.0 Å². The summed E-state index contributed by atoms with van der Waals surface area (Å²) in [7, 11) is -1.17. The van der Waals surface area contributed by atoms with Gasteiger partial charge in [0.05, 0.1) is 56.9 Å². The van der Waals surface area contributed by atoms with Crippen LogP contribution in [-0.4, -0.2) is 56.8 Å². The lowest BCUT2D eigenvalue weighted by Crippen LogP contribution is -2.38. The Morgan fingerprint density at radius 3 is 2.43 bits per heavy atom. The summed E-state index contributed by atoms with van der Waals surface area (Å²) in [6.45, 7) is -0.993. The number of sulfonamides is 1. The summed E-state index contributed by atoms with van der Waals surface area (Å²) in [4.78, 5) is 33.5. The largest absolute Gasteiger partial charge is 0.495 e. The third-order valence-electron chi connectivity index (χ3n) is 10.1. The van der Waals surface area contributed by atoms with Gasteiger partial charge >= 0.3 is 0 Å². The van der Waals surface area contributed by atoms with Crippen LogP contribution < -0.4 is 20.3 Å². The molecule has 0 bridgehead atoms. The van der Waals surface area contributed by atoms with Gasteiger partial charge in [0.2, 0.25) is 15.9 Å². The number of hydrogen-bond donors (Lipinski definition) is 2. The van der Waals surface area contributed by atoms with Gasteiger partial charge in [-0.15, -0.1) is 0 Å². The van der Waals surface area contributed by atoms with Crippen LogP contribution in [-0.2, 0) is 40.8 Å². The Balaban J connectivity index is 1.34. The second-order valence-corrected chi connectivity index (χ2v) is 16.6. The molecule has 1 saturated carbocycles. The maximum absolute atomic E-state index is 15.4. The van der Waals surface area contributed by atoms with Crippen LogP contribution in [0.4, 0.5) is 32.2 Å². The summed E-state index contributed by atoms with van der Waals surface area (Å²) >= 11 is 13.0. The zero-order chi connectivity index (χ0) is 41.7. The van der Waals surface area contributed by atoms with Crippen molar-refractivity contribution < 1.29 is 44.3 Å². The Labute approximate surface area is 333 Å². The highest BCUT2D eigenvalue weighted by Gasteiger charge is 2.67. The second kappa shape index (κ2) is 13.9. The number of halogens is 8. The van der Waals surface area contributed by atoms with Crippen LogP contribution in [0, 0.1) is 17.6 Å². The van der Waals surface area contributed by atoms with Crippen LogP contribution in [0.3, 0.4) is 0 Å². The van der Waals surface area contributed by atoms with Gasteiger partial charge in [-0.05, 0) is 48.2 Å². The number of rotatable bonds is 11. The smallest absolute Gasteiger partial charge is 0.293 e. The minimum Gasteiger partial charge on any atom is -0.495 e. The van der Waals surface area contributed by atoms with E-state index >= 15 is 8.78 Å². The molecule has 1 amide bonds. The quantitative estimate of drug-likeness (QED) is 0.137. The highest BCUT2D eigenvalue weighted by Crippen LogP contribution is 2.68. The second-order valence-electron chi connectivity index (χ2n) is 14.0. The van der Waals surface area contributed by atoms with Gasteiger partial charge in [0.1, 0.15) is 41.1 Å². The van der Waals surface area contributed by atoms with E-state index in [9.17, 15) is 35.6 Å². The Kier molecular flexibility index (Phi) is 9.46. The van der Waals surface area contributed by atoms with Gasteiger partial charge in [-0.3, -0.25) is 28.2 Å². The van der Waals surface area contributed by atoms with E-state index in [-0.39, 0.29) is 72.5 Å². The van der Waals surface area contributed by atoms with Crippen LogP contribution in [0.2, 0.25) is 10.0 Å². The van der Waals surface area contributed by atoms with Gasteiger partial charge in [0.15, 0.2) is 5.82 Å². The van der Waals surface area contributed by atoms with Crippen LogP contribution >= 0.6 is 23.2 Å². The number of benzene rings is 3. The van der Waals surface area contributed by atoms with Crippen LogP contribution in [0.5, 0.6) is 5.75 Å². The fraction of sp³-hybridized carbons (Fsp3) is 0.306. The average molecular weight is 870 g/mol. The summed E-state index contributed by atoms with van der Waals surface area (Å²) in [5, 5.41) is 10.6. The van der Waals surface area contributed by atoms with Crippen molar-refractivity contribution in [3.05, 3.63) is 103 Å². The number of amides is 1. The topological polar surface area (TPSA) is 155 Å². The molecule has 3 aromatic carbocycles. The Bertz CT molecular complexity index is 2880. The molecular formula is C36H28Cl2F6N8O5S. The number of ether oxygens (including phenoxy) is 1. The molecule has 2 N–H and O–H groups in total. The number of nitrogens with one attached hydrogen (secondary N) is 2. The van der Waals surface area contributed by atoms with Crippen molar-refractivity contribution >= 4 is 66.8 Å². The zero-order valence-electron chi connectivity index (χ0n) is 30.1. The van der Waals surface area contributed by atoms with Crippen LogP contribution in [0.15, 0.2) is 47.3 Å². The molecule has 13 nitrogen and oxygen atoms in total. The Hall–Kier alpha value is -5.34. The molecule has 0 radical (unpaired) electrons. The molecule has 0 spiro atoms. The van der Waals surface area contributed by atoms with Crippen molar-refractivity contribution in [3.8, 4) is 11.4 Å². The molecule has 58 heavy (non-hydrogen) atoms. The minimum absolute atomic E-state index is 0.00845. The molecule has 0 saturated heterocycles. The van der Waals surface area contributed by atoms with E-state index in [2.05, 4.69) is 20.2 Å². The predicted molar refractivity (Wildman–Crippen MR) is 200 cm³/mol. The fourth-order valence-corrected chi connectivity index (χ4v) is 8.71. The number of anilines is 1. The van der Waals surface area contributed by atoms with Gasteiger partial charge in [0, 0.05) is 37.1 Å². The van der Waals surface area contributed by atoms with E-state index in [1.165, 1.54) is 43.1 Å². The van der Waals surface area contributed by atoms with Crippen molar-refractivity contribution in [1.82, 2.24) is 34.4 Å².